The molecule has 14 heavy (non-hydrogen) atoms. The Balaban J connectivity index is 2.99. The quantitative estimate of drug-likeness (QED) is 0.706. The molecule has 5 nitrogen and oxygen atoms in total. The van der Waals surface area contributed by atoms with Crippen molar-refractivity contribution in [3.05, 3.63) is 0 Å². The fraction of sp³-hybridized carbons (Fsp3) is 0.778. The molecule has 2 N–H and O–H groups in total. The van der Waals surface area contributed by atoms with Crippen LogP contribution in [0.3, 0.4) is 0 Å². The van der Waals surface area contributed by atoms with Crippen LogP contribution in [0.1, 0.15) is 20.8 Å². The van der Waals surface area contributed by atoms with Gasteiger partial charge in [0, 0.05) is 13.2 Å². The SMILES string of the molecule is COCC1(C)C(=N)NC(=O)N1C(C)C. The monoisotopic (exact) mass is 199 g/mol. The second-order valence-corrected chi connectivity index (χ2v) is 3.98. The lowest BCUT2D eigenvalue weighted by Crippen LogP contribution is -2.53. The number of ether oxygens (including phenoxy) is 1. The van der Waals surface area contributed by atoms with Crippen molar-refractivity contribution in [1.82, 2.24) is 10.2 Å². The van der Waals surface area contributed by atoms with Gasteiger partial charge in [-0.3, -0.25) is 10.7 Å². The molecule has 1 heterocycles. The number of urea groups is 1. The minimum absolute atomic E-state index is 0.0537. The third-order valence-corrected chi connectivity index (χ3v) is 2.46. The van der Waals surface area contributed by atoms with Crippen molar-refractivity contribution >= 4 is 11.9 Å². The number of amides is 2. The van der Waals surface area contributed by atoms with Crippen LogP contribution in [0.25, 0.3) is 0 Å². The van der Waals surface area contributed by atoms with Gasteiger partial charge in [-0.15, -0.1) is 0 Å². The van der Waals surface area contributed by atoms with E-state index in [1.54, 1.807) is 12.0 Å². The van der Waals surface area contributed by atoms with Gasteiger partial charge < -0.3 is 9.64 Å². The molecular formula is C9H17N3O2. The highest BCUT2D eigenvalue weighted by Gasteiger charge is 2.47. The summed E-state index contributed by atoms with van der Waals surface area (Å²) in [6.45, 7) is 6.01. The van der Waals surface area contributed by atoms with Gasteiger partial charge in [0.2, 0.25) is 0 Å². The van der Waals surface area contributed by atoms with E-state index in [1.807, 2.05) is 20.8 Å². The Bertz CT molecular complexity index is 265. The van der Waals surface area contributed by atoms with Gasteiger partial charge in [-0.2, -0.15) is 0 Å². The summed E-state index contributed by atoms with van der Waals surface area (Å²) in [4.78, 5) is 13.2. The molecule has 1 aliphatic rings. The molecule has 1 saturated heterocycles. The first kappa shape index (κ1) is 11.0. The van der Waals surface area contributed by atoms with Crippen molar-refractivity contribution in [3.63, 3.8) is 0 Å². The molecular weight excluding hydrogens is 182 g/mol. The fourth-order valence-electron chi connectivity index (χ4n) is 1.87. The van der Waals surface area contributed by atoms with E-state index in [4.69, 9.17) is 10.1 Å². The zero-order valence-corrected chi connectivity index (χ0v) is 9.05. The van der Waals surface area contributed by atoms with E-state index in [-0.39, 0.29) is 17.9 Å². The first-order valence-electron chi connectivity index (χ1n) is 4.61. The number of methoxy groups -OCH3 is 1. The number of rotatable bonds is 3. The fourth-order valence-corrected chi connectivity index (χ4v) is 1.87. The Morgan fingerprint density at radius 1 is 1.64 bits per heavy atom. The molecule has 1 unspecified atom stereocenters. The number of hydrogen-bond acceptors (Lipinski definition) is 3. The van der Waals surface area contributed by atoms with Crippen molar-refractivity contribution in [3.8, 4) is 0 Å². The maximum absolute atomic E-state index is 11.5. The lowest BCUT2D eigenvalue weighted by Gasteiger charge is -2.35. The molecule has 0 saturated carbocycles. The van der Waals surface area contributed by atoms with E-state index in [0.29, 0.717) is 6.61 Å². The summed E-state index contributed by atoms with van der Waals surface area (Å²) in [5.74, 6) is 0.207. The second-order valence-electron chi connectivity index (χ2n) is 3.98. The van der Waals surface area contributed by atoms with Gasteiger partial charge in [0.1, 0.15) is 11.4 Å². The summed E-state index contributed by atoms with van der Waals surface area (Å²) >= 11 is 0. The predicted octanol–water partition coefficient (Wildman–Crippen LogP) is 0.802. The van der Waals surface area contributed by atoms with Gasteiger partial charge in [-0.05, 0) is 20.8 Å². The van der Waals surface area contributed by atoms with Crippen molar-refractivity contribution in [1.29, 1.82) is 5.41 Å². The Kier molecular flexibility index (Phi) is 2.80. The van der Waals surface area contributed by atoms with E-state index in [0.717, 1.165) is 0 Å². The van der Waals surface area contributed by atoms with Gasteiger partial charge >= 0.3 is 6.03 Å². The molecule has 0 aromatic carbocycles. The van der Waals surface area contributed by atoms with Crippen LogP contribution in [0.5, 0.6) is 0 Å². The average Bonchev–Trinajstić information content (AvgIpc) is 2.23. The number of amidine groups is 1. The van der Waals surface area contributed by atoms with Crippen molar-refractivity contribution in [2.24, 2.45) is 0 Å². The predicted molar refractivity (Wildman–Crippen MR) is 53.5 cm³/mol. The maximum atomic E-state index is 11.5. The maximum Gasteiger partial charge on any atom is 0.323 e. The van der Waals surface area contributed by atoms with Crippen LogP contribution < -0.4 is 5.32 Å². The Morgan fingerprint density at radius 2 is 2.21 bits per heavy atom. The van der Waals surface area contributed by atoms with Gasteiger partial charge in [0.15, 0.2) is 0 Å². The summed E-state index contributed by atoms with van der Waals surface area (Å²) in [6, 6.07) is -0.164. The summed E-state index contributed by atoms with van der Waals surface area (Å²) in [5.41, 5.74) is -0.653. The first-order chi connectivity index (χ1) is 6.43. The van der Waals surface area contributed by atoms with Gasteiger partial charge in [0.05, 0.1) is 6.61 Å². The lowest BCUT2D eigenvalue weighted by molar-refractivity contribution is 0.0801. The van der Waals surface area contributed by atoms with Crippen molar-refractivity contribution in [2.75, 3.05) is 13.7 Å². The molecule has 0 aromatic heterocycles. The lowest BCUT2D eigenvalue weighted by atomic mass is 10.0. The molecule has 80 valence electrons. The summed E-state index contributed by atoms with van der Waals surface area (Å²) < 4.78 is 5.05. The smallest absolute Gasteiger partial charge is 0.323 e. The zero-order valence-electron chi connectivity index (χ0n) is 9.05. The van der Waals surface area contributed by atoms with E-state index >= 15 is 0 Å². The minimum atomic E-state index is -0.653. The standard InChI is InChI=1S/C9H17N3O2/c1-6(2)12-8(13)11-7(10)9(12,3)5-14-4/h6H,5H2,1-4H3,(H2,10,11,13). The third-order valence-electron chi connectivity index (χ3n) is 2.46. The molecule has 0 aliphatic carbocycles. The largest absolute Gasteiger partial charge is 0.382 e. The molecule has 1 atom stereocenters. The number of carbonyl (C=O) groups is 1. The number of hydrogen-bond donors (Lipinski definition) is 2. The molecule has 0 aromatic rings. The van der Waals surface area contributed by atoms with Gasteiger partial charge in [0.25, 0.3) is 0 Å². The number of carbonyl (C=O) groups excluding carboxylic acids is 1. The molecule has 1 aliphatic heterocycles. The van der Waals surface area contributed by atoms with Crippen molar-refractivity contribution < 1.29 is 9.53 Å². The third kappa shape index (κ3) is 1.48. The van der Waals surface area contributed by atoms with Crippen LogP contribution in [0, 0.1) is 5.41 Å². The highest BCUT2D eigenvalue weighted by atomic mass is 16.5. The van der Waals surface area contributed by atoms with Crippen LogP contribution >= 0.6 is 0 Å². The first-order valence-corrected chi connectivity index (χ1v) is 4.61. The molecule has 1 fully saturated rings. The molecule has 2 amide bonds. The highest BCUT2D eigenvalue weighted by molar-refractivity contribution is 6.08. The normalized spacial score (nSPS) is 27.4. The molecule has 0 spiro atoms. The zero-order chi connectivity index (χ0) is 10.9. The Labute approximate surface area is 83.9 Å². The molecule has 0 bridgehead atoms. The van der Waals surface area contributed by atoms with Crippen LogP contribution in [-0.2, 0) is 4.74 Å². The van der Waals surface area contributed by atoms with Crippen LogP contribution in [0.4, 0.5) is 4.79 Å². The summed E-state index contributed by atoms with van der Waals surface area (Å²) in [6.07, 6.45) is 0. The second kappa shape index (κ2) is 3.57. The summed E-state index contributed by atoms with van der Waals surface area (Å²) in [7, 11) is 1.57. The van der Waals surface area contributed by atoms with E-state index in [9.17, 15) is 4.79 Å². The number of nitrogens with zero attached hydrogens (tertiary/aromatic N) is 1. The Morgan fingerprint density at radius 3 is 2.64 bits per heavy atom. The highest BCUT2D eigenvalue weighted by Crippen LogP contribution is 2.24. The summed E-state index contributed by atoms with van der Waals surface area (Å²) in [5, 5.41) is 10.2. The molecule has 0 radical (unpaired) electrons. The Hall–Kier alpha value is -1.10. The average molecular weight is 199 g/mol. The minimum Gasteiger partial charge on any atom is -0.382 e. The van der Waals surface area contributed by atoms with Gasteiger partial charge in [-0.25, -0.2) is 4.79 Å². The van der Waals surface area contributed by atoms with Crippen LogP contribution in [0.2, 0.25) is 0 Å². The van der Waals surface area contributed by atoms with E-state index < -0.39 is 5.54 Å². The molecule has 5 heteroatoms. The van der Waals surface area contributed by atoms with E-state index in [1.165, 1.54) is 0 Å². The topological polar surface area (TPSA) is 65.4 Å². The van der Waals surface area contributed by atoms with Crippen LogP contribution in [-0.4, -0.2) is 42.1 Å². The van der Waals surface area contributed by atoms with E-state index in [2.05, 4.69) is 5.32 Å². The van der Waals surface area contributed by atoms with Crippen molar-refractivity contribution in [2.45, 2.75) is 32.4 Å². The van der Waals surface area contributed by atoms with Crippen LogP contribution in [0.15, 0.2) is 0 Å². The molecule has 1 rings (SSSR count). The number of nitrogens with one attached hydrogen (secondary N) is 2. The van der Waals surface area contributed by atoms with Gasteiger partial charge in [-0.1, -0.05) is 0 Å².